The molecule has 0 saturated carbocycles. The molecule has 1 aromatic rings. The average Bonchev–Trinajstić information content (AvgIpc) is 2.24. The summed E-state index contributed by atoms with van der Waals surface area (Å²) in [5.41, 5.74) is 8.15. The van der Waals surface area contributed by atoms with E-state index in [1.54, 1.807) is 19.1 Å². The number of nitrogens with two attached hydrogens (primary N) is 1. The fraction of sp³-hybridized carbons (Fsp3) is 0.100. The molecule has 0 atom stereocenters. The lowest BCUT2D eigenvalue weighted by atomic mass is 10.2. The van der Waals surface area contributed by atoms with E-state index in [4.69, 9.17) is 16.4 Å². The van der Waals surface area contributed by atoms with Crippen molar-refractivity contribution in [1.29, 1.82) is 10.7 Å². The third-order valence-corrected chi connectivity index (χ3v) is 1.92. The van der Waals surface area contributed by atoms with Crippen molar-refractivity contribution < 1.29 is 4.39 Å². The Labute approximate surface area is 91.9 Å². The Morgan fingerprint density at radius 3 is 2.88 bits per heavy atom. The molecule has 4 N–H and O–H groups in total. The minimum Gasteiger partial charge on any atom is -0.382 e. The molecule has 1 aromatic carbocycles. The molecule has 0 heterocycles. The van der Waals surface area contributed by atoms with Crippen LogP contribution in [0.2, 0.25) is 0 Å². The van der Waals surface area contributed by atoms with E-state index in [0.717, 1.165) is 0 Å². The van der Waals surface area contributed by atoms with Crippen molar-refractivity contribution in [3.05, 3.63) is 29.6 Å². The first-order valence-electron chi connectivity index (χ1n) is 4.39. The molecule has 16 heavy (non-hydrogen) atoms. The van der Waals surface area contributed by atoms with Crippen LogP contribution in [0.15, 0.2) is 23.3 Å². The number of hydrogen-bond donors (Lipinski definition) is 3. The number of nitrogens with one attached hydrogen (secondary N) is 2. The van der Waals surface area contributed by atoms with E-state index in [9.17, 15) is 4.39 Å². The Morgan fingerprint density at radius 2 is 2.31 bits per heavy atom. The van der Waals surface area contributed by atoms with Crippen molar-refractivity contribution in [2.45, 2.75) is 6.92 Å². The lowest BCUT2D eigenvalue weighted by Gasteiger charge is -2.05. The van der Waals surface area contributed by atoms with Crippen LogP contribution in [0.1, 0.15) is 5.56 Å². The monoisotopic (exact) mass is 219 g/mol. The molecule has 5 nitrogen and oxygen atoms in total. The van der Waals surface area contributed by atoms with Gasteiger partial charge < -0.3 is 5.73 Å². The average molecular weight is 219 g/mol. The lowest BCUT2D eigenvalue weighted by Crippen LogP contribution is -2.22. The Morgan fingerprint density at radius 1 is 1.62 bits per heavy atom. The van der Waals surface area contributed by atoms with Gasteiger partial charge in [0.15, 0.2) is 5.84 Å². The molecular formula is C10H10FN5. The molecule has 0 spiro atoms. The number of nitrogens with zero attached hydrogens (tertiary/aromatic N) is 2. The van der Waals surface area contributed by atoms with Crippen LogP contribution in [0.4, 0.5) is 10.1 Å². The highest BCUT2D eigenvalue weighted by molar-refractivity contribution is 6.45. The number of amidine groups is 1. The van der Waals surface area contributed by atoms with Crippen LogP contribution in [0, 0.1) is 29.5 Å². The van der Waals surface area contributed by atoms with Crippen LogP contribution in [0.25, 0.3) is 0 Å². The van der Waals surface area contributed by atoms with E-state index in [1.807, 2.05) is 0 Å². The van der Waals surface area contributed by atoms with Gasteiger partial charge in [0, 0.05) is 5.56 Å². The topological polar surface area (TPSA) is 98.0 Å². The van der Waals surface area contributed by atoms with Gasteiger partial charge in [0.05, 0.1) is 5.69 Å². The number of hydrogen-bond acceptors (Lipinski definition) is 4. The van der Waals surface area contributed by atoms with Gasteiger partial charge in [0.1, 0.15) is 11.9 Å². The van der Waals surface area contributed by atoms with Gasteiger partial charge in [-0.1, -0.05) is 6.07 Å². The van der Waals surface area contributed by atoms with E-state index >= 15 is 0 Å². The smallest absolute Gasteiger partial charge is 0.201 e. The lowest BCUT2D eigenvalue weighted by molar-refractivity contribution is 0.619. The third-order valence-electron chi connectivity index (χ3n) is 1.92. The van der Waals surface area contributed by atoms with Crippen molar-refractivity contribution in [3.63, 3.8) is 0 Å². The first-order chi connectivity index (χ1) is 7.56. The maximum atomic E-state index is 13.1. The summed E-state index contributed by atoms with van der Waals surface area (Å²) < 4.78 is 13.1. The van der Waals surface area contributed by atoms with Crippen molar-refractivity contribution in [2.75, 3.05) is 5.43 Å². The second-order valence-electron chi connectivity index (χ2n) is 3.01. The molecule has 0 aromatic heterocycles. The zero-order chi connectivity index (χ0) is 12.1. The SMILES string of the molecule is Cc1c(F)cccc1N/N=C(\C#N)C(=N)N. The van der Waals surface area contributed by atoms with Crippen molar-refractivity contribution >= 4 is 17.2 Å². The molecule has 0 aliphatic carbocycles. The van der Waals surface area contributed by atoms with Gasteiger partial charge in [-0.15, -0.1) is 0 Å². The van der Waals surface area contributed by atoms with Crippen LogP contribution in [0.3, 0.4) is 0 Å². The van der Waals surface area contributed by atoms with Gasteiger partial charge in [0.2, 0.25) is 5.71 Å². The molecular weight excluding hydrogens is 209 g/mol. The van der Waals surface area contributed by atoms with Gasteiger partial charge >= 0.3 is 0 Å². The highest BCUT2D eigenvalue weighted by Crippen LogP contribution is 2.17. The van der Waals surface area contributed by atoms with E-state index in [1.165, 1.54) is 12.1 Å². The molecule has 0 radical (unpaired) electrons. The van der Waals surface area contributed by atoms with Gasteiger partial charge in [-0.2, -0.15) is 10.4 Å². The summed E-state index contributed by atoms with van der Waals surface area (Å²) in [5, 5.41) is 19.2. The summed E-state index contributed by atoms with van der Waals surface area (Å²) in [6.45, 7) is 1.58. The summed E-state index contributed by atoms with van der Waals surface area (Å²) in [4.78, 5) is 0. The fourth-order valence-corrected chi connectivity index (χ4v) is 0.990. The second-order valence-corrected chi connectivity index (χ2v) is 3.01. The summed E-state index contributed by atoms with van der Waals surface area (Å²) in [7, 11) is 0. The quantitative estimate of drug-likeness (QED) is 0.406. The molecule has 0 bridgehead atoms. The zero-order valence-corrected chi connectivity index (χ0v) is 8.58. The Bertz CT molecular complexity index is 486. The molecule has 6 heteroatoms. The molecule has 0 unspecified atom stereocenters. The van der Waals surface area contributed by atoms with E-state index in [0.29, 0.717) is 11.3 Å². The largest absolute Gasteiger partial charge is 0.382 e. The highest BCUT2D eigenvalue weighted by Gasteiger charge is 2.04. The van der Waals surface area contributed by atoms with Gasteiger partial charge in [-0.3, -0.25) is 10.8 Å². The molecule has 82 valence electrons. The van der Waals surface area contributed by atoms with Crippen LogP contribution >= 0.6 is 0 Å². The minimum absolute atomic E-state index is 0.247. The third kappa shape index (κ3) is 2.54. The van der Waals surface area contributed by atoms with E-state index in [2.05, 4.69) is 10.5 Å². The Hall–Kier alpha value is -2.42. The number of halogens is 1. The predicted molar refractivity (Wildman–Crippen MR) is 59.7 cm³/mol. The van der Waals surface area contributed by atoms with Crippen LogP contribution < -0.4 is 11.2 Å². The van der Waals surface area contributed by atoms with Crippen LogP contribution in [-0.4, -0.2) is 11.5 Å². The molecule has 0 aliphatic heterocycles. The zero-order valence-electron chi connectivity index (χ0n) is 8.58. The molecule has 0 saturated heterocycles. The molecule has 0 amide bonds. The van der Waals surface area contributed by atoms with E-state index < -0.39 is 5.84 Å². The van der Waals surface area contributed by atoms with Crippen molar-refractivity contribution in [1.82, 2.24) is 0 Å². The maximum Gasteiger partial charge on any atom is 0.201 e. The number of benzene rings is 1. The molecule has 0 fully saturated rings. The Balaban J connectivity index is 2.95. The Kier molecular flexibility index (Phi) is 3.56. The second kappa shape index (κ2) is 4.89. The van der Waals surface area contributed by atoms with Crippen LogP contribution in [-0.2, 0) is 0 Å². The van der Waals surface area contributed by atoms with Crippen molar-refractivity contribution in [3.8, 4) is 6.07 Å². The number of rotatable bonds is 3. The fourth-order valence-electron chi connectivity index (χ4n) is 0.990. The number of nitriles is 1. The first-order valence-corrected chi connectivity index (χ1v) is 4.39. The van der Waals surface area contributed by atoms with Crippen molar-refractivity contribution in [2.24, 2.45) is 10.8 Å². The maximum absolute atomic E-state index is 13.1. The highest BCUT2D eigenvalue weighted by atomic mass is 19.1. The summed E-state index contributed by atoms with van der Waals surface area (Å²) in [5.74, 6) is -0.814. The van der Waals surface area contributed by atoms with Crippen LogP contribution in [0.5, 0.6) is 0 Å². The van der Waals surface area contributed by atoms with Gasteiger partial charge in [0.25, 0.3) is 0 Å². The molecule has 0 aliphatic rings. The van der Waals surface area contributed by atoms with E-state index in [-0.39, 0.29) is 11.5 Å². The summed E-state index contributed by atoms with van der Waals surface area (Å²) in [6.07, 6.45) is 0. The van der Waals surface area contributed by atoms with Gasteiger partial charge in [-0.05, 0) is 19.1 Å². The van der Waals surface area contributed by atoms with Gasteiger partial charge in [-0.25, -0.2) is 4.39 Å². The predicted octanol–water partition coefficient (Wildman–Crippen LogP) is 1.36. The minimum atomic E-state index is -0.441. The number of hydrazone groups is 1. The molecule has 1 rings (SSSR count). The normalized spacial score (nSPS) is 10.7. The standard InChI is InChI=1S/C10H10FN5/c1-6-7(11)3-2-4-8(6)15-16-9(5-12)10(13)14/h2-4,15H,1H3,(H3,13,14)/b16-9+. The summed E-state index contributed by atoms with van der Waals surface area (Å²) >= 11 is 0. The summed E-state index contributed by atoms with van der Waals surface area (Å²) in [6, 6.07) is 6.09. The first kappa shape index (κ1) is 11.7. The number of anilines is 1.